The summed E-state index contributed by atoms with van der Waals surface area (Å²) >= 11 is 5.37. The highest BCUT2D eigenvalue weighted by atomic mass is 35.5. The van der Waals surface area contributed by atoms with Crippen molar-refractivity contribution < 1.29 is 22.8 Å². The fraction of sp³-hybridized carbons (Fsp3) is 0.286. The Hall–Kier alpha value is -1.57. The summed E-state index contributed by atoms with van der Waals surface area (Å²) in [6, 6.07) is 1.67. The molecule has 0 N–H and O–H groups in total. The van der Waals surface area contributed by atoms with E-state index >= 15 is 0 Å². The van der Waals surface area contributed by atoms with E-state index in [9.17, 15) is 23.3 Å². The predicted octanol–water partition coefficient (Wildman–Crippen LogP) is 2.58. The quantitative estimate of drug-likeness (QED) is 0.474. The van der Waals surface area contributed by atoms with Crippen molar-refractivity contribution in [1.82, 2.24) is 4.98 Å². The first-order valence-corrected chi connectivity index (χ1v) is 4.17. The first-order chi connectivity index (χ1) is 7.28. The molecule has 88 valence electrons. The molecule has 0 radical (unpaired) electrons. The van der Waals surface area contributed by atoms with Crippen LogP contribution in [0.2, 0.25) is 5.15 Å². The van der Waals surface area contributed by atoms with E-state index in [0.29, 0.717) is 0 Å². The molecule has 9 heteroatoms. The summed E-state index contributed by atoms with van der Waals surface area (Å²) in [5.74, 6) is -0.545. The fourth-order valence-electron chi connectivity index (χ4n) is 0.795. The normalized spacial score (nSPS) is 11.2. The Morgan fingerprint density at radius 3 is 2.62 bits per heavy atom. The first kappa shape index (κ1) is 12.5. The molecule has 0 fully saturated rings. The highest BCUT2D eigenvalue weighted by Gasteiger charge is 2.29. The molecule has 0 aliphatic rings. The second-order valence-corrected chi connectivity index (χ2v) is 3.03. The van der Waals surface area contributed by atoms with E-state index in [1.807, 2.05) is 0 Å². The van der Waals surface area contributed by atoms with E-state index in [-0.39, 0.29) is 5.15 Å². The number of hydrogen-bond acceptors (Lipinski definition) is 4. The Morgan fingerprint density at radius 1 is 1.50 bits per heavy atom. The number of ether oxygens (including phenoxy) is 1. The fourth-order valence-corrected chi connectivity index (χ4v) is 0.990. The Kier molecular flexibility index (Phi) is 3.53. The Bertz CT molecular complexity index is 410. The maximum Gasteiger partial charge on any atom is 0.422 e. The number of alkyl halides is 3. The van der Waals surface area contributed by atoms with Gasteiger partial charge < -0.3 is 4.74 Å². The summed E-state index contributed by atoms with van der Waals surface area (Å²) < 4.78 is 39.6. The average molecular weight is 257 g/mol. The molecule has 1 aromatic heterocycles. The van der Waals surface area contributed by atoms with Crippen LogP contribution in [0.3, 0.4) is 0 Å². The van der Waals surface area contributed by atoms with Gasteiger partial charge in [0.1, 0.15) is 5.15 Å². The van der Waals surface area contributed by atoms with Gasteiger partial charge in [0.2, 0.25) is 5.88 Å². The molecule has 0 aliphatic carbocycles. The second kappa shape index (κ2) is 4.52. The third-order valence-electron chi connectivity index (χ3n) is 1.35. The van der Waals surface area contributed by atoms with Gasteiger partial charge >= 0.3 is 6.18 Å². The van der Waals surface area contributed by atoms with Gasteiger partial charge in [-0.2, -0.15) is 13.2 Å². The summed E-state index contributed by atoms with van der Waals surface area (Å²) in [6.07, 6.45) is -4.54. The monoisotopic (exact) mass is 256 g/mol. The summed E-state index contributed by atoms with van der Waals surface area (Å²) in [4.78, 5) is 12.9. The van der Waals surface area contributed by atoms with Gasteiger partial charge in [-0.3, -0.25) is 10.1 Å². The van der Waals surface area contributed by atoms with Gasteiger partial charge in [-0.25, -0.2) is 4.98 Å². The minimum absolute atomic E-state index is 0.314. The molecule has 0 spiro atoms. The number of halogens is 4. The van der Waals surface area contributed by atoms with Gasteiger partial charge in [0.05, 0.1) is 17.1 Å². The maximum absolute atomic E-state index is 11.8. The Morgan fingerprint density at radius 2 is 2.12 bits per heavy atom. The zero-order valence-electron chi connectivity index (χ0n) is 7.49. The molecule has 16 heavy (non-hydrogen) atoms. The second-order valence-electron chi connectivity index (χ2n) is 2.65. The van der Waals surface area contributed by atoms with Crippen molar-refractivity contribution in [3.8, 4) is 5.88 Å². The molecule has 1 aromatic rings. The first-order valence-electron chi connectivity index (χ1n) is 3.79. The van der Waals surface area contributed by atoms with Crippen LogP contribution in [-0.2, 0) is 0 Å². The SMILES string of the molecule is O=[N+]([O-])c1cc(Cl)nc(OCC(F)(F)F)c1. The number of hydrogen-bond donors (Lipinski definition) is 0. The van der Waals surface area contributed by atoms with Gasteiger partial charge in [0.25, 0.3) is 5.69 Å². The summed E-state index contributed by atoms with van der Waals surface area (Å²) in [7, 11) is 0. The smallest absolute Gasteiger partial charge is 0.422 e. The van der Waals surface area contributed by atoms with E-state index in [2.05, 4.69) is 9.72 Å². The number of rotatable bonds is 3. The Labute approximate surface area is 91.9 Å². The van der Waals surface area contributed by atoms with Crippen molar-refractivity contribution in [2.75, 3.05) is 6.61 Å². The molecule has 0 unspecified atom stereocenters. The van der Waals surface area contributed by atoms with Gasteiger partial charge in [-0.15, -0.1) is 0 Å². The van der Waals surface area contributed by atoms with Crippen LogP contribution in [0.4, 0.5) is 18.9 Å². The van der Waals surface area contributed by atoms with Gasteiger partial charge in [0.15, 0.2) is 6.61 Å². The number of nitrogens with zero attached hydrogens (tertiary/aromatic N) is 2. The van der Waals surface area contributed by atoms with Gasteiger partial charge in [0, 0.05) is 0 Å². The topological polar surface area (TPSA) is 65.3 Å². The van der Waals surface area contributed by atoms with Gasteiger partial charge in [-0.1, -0.05) is 11.6 Å². The lowest BCUT2D eigenvalue weighted by molar-refractivity contribution is -0.385. The lowest BCUT2D eigenvalue weighted by atomic mass is 10.4. The van der Waals surface area contributed by atoms with Gasteiger partial charge in [-0.05, 0) is 0 Å². The Balaban J connectivity index is 2.85. The average Bonchev–Trinajstić information content (AvgIpc) is 2.13. The van der Waals surface area contributed by atoms with Crippen LogP contribution >= 0.6 is 11.6 Å². The number of nitro groups is 1. The van der Waals surface area contributed by atoms with Crippen molar-refractivity contribution >= 4 is 17.3 Å². The molecule has 1 heterocycles. The predicted molar refractivity (Wildman–Crippen MR) is 47.5 cm³/mol. The molecule has 5 nitrogen and oxygen atoms in total. The molecule has 1 rings (SSSR count). The third kappa shape index (κ3) is 3.89. The van der Waals surface area contributed by atoms with Crippen LogP contribution in [-0.4, -0.2) is 22.7 Å². The summed E-state index contributed by atoms with van der Waals surface area (Å²) in [5, 5.41) is 10.0. The molecule has 0 aromatic carbocycles. The molecule has 0 saturated heterocycles. The van der Waals surface area contributed by atoms with E-state index in [1.165, 1.54) is 0 Å². The minimum atomic E-state index is -4.54. The van der Waals surface area contributed by atoms with Crippen LogP contribution in [0, 0.1) is 10.1 Å². The van der Waals surface area contributed by atoms with E-state index in [0.717, 1.165) is 12.1 Å². The lowest BCUT2D eigenvalue weighted by Crippen LogP contribution is -2.19. The lowest BCUT2D eigenvalue weighted by Gasteiger charge is -2.07. The number of aromatic nitrogens is 1. The molecule has 0 aliphatic heterocycles. The number of pyridine rings is 1. The van der Waals surface area contributed by atoms with Crippen LogP contribution in [0.5, 0.6) is 5.88 Å². The molecule has 0 bridgehead atoms. The third-order valence-corrected chi connectivity index (χ3v) is 1.54. The largest absolute Gasteiger partial charge is 0.468 e. The molecule has 0 saturated carbocycles. The summed E-state index contributed by atoms with van der Waals surface area (Å²) in [6.45, 7) is -1.59. The van der Waals surface area contributed by atoms with Crippen molar-refractivity contribution in [2.24, 2.45) is 0 Å². The van der Waals surface area contributed by atoms with Crippen molar-refractivity contribution in [3.05, 3.63) is 27.4 Å². The zero-order valence-corrected chi connectivity index (χ0v) is 8.25. The van der Waals surface area contributed by atoms with Crippen molar-refractivity contribution in [3.63, 3.8) is 0 Å². The standard InChI is InChI=1S/C7H4ClF3N2O3/c8-5-1-4(13(14)15)2-6(12-5)16-3-7(9,10)11/h1-2H,3H2. The van der Waals surface area contributed by atoms with Crippen LogP contribution in [0.25, 0.3) is 0 Å². The van der Waals surface area contributed by atoms with Crippen molar-refractivity contribution in [1.29, 1.82) is 0 Å². The highest BCUT2D eigenvalue weighted by Crippen LogP contribution is 2.23. The molecule has 0 atom stereocenters. The zero-order chi connectivity index (χ0) is 12.3. The van der Waals surface area contributed by atoms with Crippen LogP contribution < -0.4 is 4.74 Å². The van der Waals surface area contributed by atoms with E-state index < -0.39 is 29.3 Å². The van der Waals surface area contributed by atoms with E-state index in [1.54, 1.807) is 0 Å². The van der Waals surface area contributed by atoms with Crippen LogP contribution in [0.1, 0.15) is 0 Å². The van der Waals surface area contributed by atoms with Crippen LogP contribution in [0.15, 0.2) is 12.1 Å². The molecular weight excluding hydrogens is 253 g/mol. The minimum Gasteiger partial charge on any atom is -0.468 e. The maximum atomic E-state index is 11.8. The molecule has 0 amide bonds. The highest BCUT2D eigenvalue weighted by molar-refractivity contribution is 6.29. The molecular formula is C7H4ClF3N2O3. The van der Waals surface area contributed by atoms with E-state index in [4.69, 9.17) is 11.6 Å². The van der Waals surface area contributed by atoms with Crippen molar-refractivity contribution in [2.45, 2.75) is 6.18 Å². The summed E-state index contributed by atoms with van der Waals surface area (Å²) in [5.41, 5.74) is -0.489.